The van der Waals surface area contributed by atoms with Crippen molar-refractivity contribution < 1.29 is 10.3 Å². The van der Waals surface area contributed by atoms with E-state index in [1.165, 1.54) is 6.21 Å². The molecule has 0 heterocycles. The lowest BCUT2D eigenvalue weighted by atomic mass is 10.5. The van der Waals surface area contributed by atoms with E-state index in [1.807, 2.05) is 0 Å². The Morgan fingerprint density at radius 1 is 1.57 bits per heavy atom. The molecule has 0 aliphatic heterocycles. The molecule has 0 fully saturated rings. The van der Waals surface area contributed by atoms with Gasteiger partial charge >= 0.3 is 0 Å². The van der Waals surface area contributed by atoms with Gasteiger partial charge in [-0.3, -0.25) is 5.41 Å². The number of hydrogen-bond donors (Lipinski definition) is 1. The summed E-state index contributed by atoms with van der Waals surface area (Å²) in [5.74, 6) is 0. The van der Waals surface area contributed by atoms with E-state index in [2.05, 4.69) is 0 Å². The minimum absolute atomic E-state index is 0.229. The van der Waals surface area contributed by atoms with E-state index in [0.717, 1.165) is 6.21 Å². The van der Waals surface area contributed by atoms with Crippen LogP contribution in [0.25, 0.3) is 0 Å². The number of rotatable bonds is 2. The summed E-state index contributed by atoms with van der Waals surface area (Å²) < 4.78 is 0. The summed E-state index contributed by atoms with van der Waals surface area (Å²) in [5.41, 5.74) is 0. The maximum Gasteiger partial charge on any atom is 0.173 e. The average Bonchev–Trinajstić information content (AvgIpc) is 1.61. The molecule has 0 amide bonds. The molecule has 40 valence electrons. The van der Waals surface area contributed by atoms with Gasteiger partial charge in [0.25, 0.3) is 0 Å². The van der Waals surface area contributed by atoms with Gasteiger partial charge in [0, 0.05) is 0 Å². The van der Waals surface area contributed by atoms with Crippen molar-refractivity contribution in [3.63, 3.8) is 0 Å². The Hall–Kier alpha value is -1.06. The molecule has 0 radical (unpaired) electrons. The van der Waals surface area contributed by atoms with Crippen LogP contribution in [0, 0.1) is 10.4 Å². The van der Waals surface area contributed by atoms with Gasteiger partial charge in [0.15, 0.2) is 6.21 Å². The van der Waals surface area contributed by atoms with Crippen molar-refractivity contribution in [1.29, 1.82) is 0 Å². The van der Waals surface area contributed by atoms with E-state index < -0.39 is 4.90 Å². The standard InChI is InChI=1S/C3H5N2O2/c4-2-1-3-5(6)7/h2-4H,1H2/q-1/p+1. The minimum Gasteiger partial charge on any atom is -0.613 e. The molecule has 2 N–H and O–H groups in total. The number of nitrogens with zero attached hydrogens (tertiary/aromatic N) is 1. The molecule has 0 aromatic carbocycles. The van der Waals surface area contributed by atoms with Crippen LogP contribution in [0.2, 0.25) is 0 Å². The second kappa shape index (κ2) is 3.14. The van der Waals surface area contributed by atoms with Crippen LogP contribution in [0.4, 0.5) is 0 Å². The topological polar surface area (TPSA) is 74.7 Å². The third-order valence-electron chi connectivity index (χ3n) is 0.391. The molecule has 0 aromatic heterocycles. The number of hydrogen-bond acceptors (Lipinski definition) is 2. The van der Waals surface area contributed by atoms with Gasteiger partial charge < -0.3 is 10.4 Å². The molecule has 4 nitrogen and oxygen atoms in total. The first-order chi connectivity index (χ1) is 3.27. The molecule has 0 spiro atoms. The van der Waals surface area contributed by atoms with E-state index in [9.17, 15) is 10.4 Å². The molecule has 0 unspecified atom stereocenters. The Balaban J connectivity index is 3.25. The van der Waals surface area contributed by atoms with E-state index >= 15 is 0 Å². The lowest BCUT2D eigenvalue weighted by molar-refractivity contribution is -0.374. The fourth-order valence-electron chi connectivity index (χ4n) is 0.147. The molecule has 0 aliphatic rings. The Bertz CT molecular complexity index is 84.9. The van der Waals surface area contributed by atoms with Crippen LogP contribution in [-0.2, 0) is 0 Å². The van der Waals surface area contributed by atoms with Gasteiger partial charge in [-0.1, -0.05) is 0 Å². The second-order valence-electron chi connectivity index (χ2n) is 0.939. The molecular weight excluding hydrogens is 96.0 g/mol. The highest BCUT2D eigenvalue weighted by Gasteiger charge is 1.75. The smallest absolute Gasteiger partial charge is 0.173 e. The highest BCUT2D eigenvalue weighted by molar-refractivity contribution is 5.73. The lowest BCUT2D eigenvalue weighted by Gasteiger charge is -1.98. The van der Waals surface area contributed by atoms with Crippen LogP contribution in [0.1, 0.15) is 6.42 Å². The summed E-state index contributed by atoms with van der Waals surface area (Å²) in [5, 5.41) is 23.7. The fraction of sp³-hybridized carbons (Fsp3) is 0.333. The molecule has 0 bridgehead atoms. The maximum absolute atomic E-state index is 9.43. The predicted octanol–water partition coefficient (Wildman–Crippen LogP) is -1.71. The normalized spacial score (nSPS) is 7.43. The van der Waals surface area contributed by atoms with Crippen molar-refractivity contribution in [2.24, 2.45) is 0 Å². The van der Waals surface area contributed by atoms with Gasteiger partial charge in [0.05, 0.1) is 0 Å². The average molecular weight is 102 g/mol. The Kier molecular flexibility index (Phi) is 2.67. The summed E-state index contributed by atoms with van der Waals surface area (Å²) in [7, 11) is 0. The van der Waals surface area contributed by atoms with E-state index in [1.54, 1.807) is 0 Å². The molecule has 0 aromatic rings. The third kappa shape index (κ3) is 4.94. The summed E-state index contributed by atoms with van der Waals surface area (Å²) in [6.45, 7) is 0. The quantitative estimate of drug-likeness (QED) is 0.256. The Labute approximate surface area is 40.8 Å². The van der Waals surface area contributed by atoms with Crippen LogP contribution in [0.5, 0.6) is 0 Å². The molecule has 0 saturated heterocycles. The van der Waals surface area contributed by atoms with Crippen LogP contribution in [-0.4, -0.2) is 17.3 Å². The van der Waals surface area contributed by atoms with Gasteiger partial charge in [0.2, 0.25) is 0 Å². The minimum atomic E-state index is -0.524. The SMILES string of the molecule is [NH2+]=CCC=[N+]([O-])[O-]. The first-order valence-electron chi connectivity index (χ1n) is 1.77. The largest absolute Gasteiger partial charge is 0.613 e. The van der Waals surface area contributed by atoms with Gasteiger partial charge in [-0.2, -0.15) is 4.90 Å². The van der Waals surface area contributed by atoms with Crippen molar-refractivity contribution in [2.75, 3.05) is 0 Å². The molecule has 0 atom stereocenters. The second-order valence-corrected chi connectivity index (χ2v) is 0.939. The van der Waals surface area contributed by atoms with Crippen LogP contribution in [0.3, 0.4) is 0 Å². The highest BCUT2D eigenvalue weighted by Crippen LogP contribution is 1.61. The zero-order chi connectivity index (χ0) is 5.70. The third-order valence-corrected chi connectivity index (χ3v) is 0.391. The van der Waals surface area contributed by atoms with Crippen molar-refractivity contribution in [2.45, 2.75) is 6.42 Å². The zero-order valence-electron chi connectivity index (χ0n) is 3.70. The van der Waals surface area contributed by atoms with Crippen LogP contribution < -0.4 is 5.41 Å². The highest BCUT2D eigenvalue weighted by atomic mass is 16.8. The zero-order valence-corrected chi connectivity index (χ0v) is 3.70. The van der Waals surface area contributed by atoms with Crippen molar-refractivity contribution >= 4 is 12.4 Å². The maximum atomic E-state index is 9.43. The molecule has 0 rings (SSSR count). The molecule has 0 saturated carbocycles. The van der Waals surface area contributed by atoms with Crippen molar-refractivity contribution in [3.8, 4) is 0 Å². The first-order valence-corrected chi connectivity index (χ1v) is 1.77. The van der Waals surface area contributed by atoms with E-state index in [4.69, 9.17) is 5.41 Å². The van der Waals surface area contributed by atoms with Crippen molar-refractivity contribution in [1.82, 2.24) is 0 Å². The van der Waals surface area contributed by atoms with Gasteiger partial charge in [-0.25, -0.2) is 0 Å². The molecule has 0 aliphatic carbocycles. The Morgan fingerprint density at radius 3 is 2.29 bits per heavy atom. The van der Waals surface area contributed by atoms with Gasteiger partial charge in [0.1, 0.15) is 12.6 Å². The van der Waals surface area contributed by atoms with Crippen LogP contribution in [0.15, 0.2) is 0 Å². The van der Waals surface area contributed by atoms with Gasteiger partial charge in [-0.05, 0) is 0 Å². The summed E-state index contributed by atoms with van der Waals surface area (Å²) in [6, 6.07) is 0. The summed E-state index contributed by atoms with van der Waals surface area (Å²) in [4.78, 5) is -0.524. The predicted molar refractivity (Wildman–Crippen MR) is 25.7 cm³/mol. The molecule has 7 heavy (non-hydrogen) atoms. The molecular formula is C3H6N2O2. The van der Waals surface area contributed by atoms with Crippen LogP contribution >= 0.6 is 0 Å². The monoisotopic (exact) mass is 102 g/mol. The lowest BCUT2D eigenvalue weighted by Crippen LogP contribution is -2.29. The number of nitrogens with two attached hydrogens (primary N) is 1. The summed E-state index contributed by atoms with van der Waals surface area (Å²) in [6.07, 6.45) is 2.34. The van der Waals surface area contributed by atoms with Crippen molar-refractivity contribution in [3.05, 3.63) is 10.4 Å². The van der Waals surface area contributed by atoms with E-state index in [-0.39, 0.29) is 6.42 Å². The Morgan fingerprint density at radius 2 is 2.14 bits per heavy atom. The van der Waals surface area contributed by atoms with E-state index in [0.29, 0.717) is 0 Å². The first kappa shape index (κ1) is 5.94. The fourth-order valence-corrected chi connectivity index (χ4v) is 0.147. The van der Waals surface area contributed by atoms with Gasteiger partial charge in [-0.15, -0.1) is 0 Å². The summed E-state index contributed by atoms with van der Waals surface area (Å²) >= 11 is 0. The molecule has 4 heteroatoms.